The number of fused-ring (bicyclic) bond motifs is 2. The van der Waals surface area contributed by atoms with Crippen LogP contribution in [-0.2, 0) is 17.9 Å². The van der Waals surface area contributed by atoms with Crippen LogP contribution in [0.4, 0.5) is 0 Å². The van der Waals surface area contributed by atoms with E-state index in [1.807, 2.05) is 27.4 Å². The van der Waals surface area contributed by atoms with Crippen LogP contribution in [0.1, 0.15) is 43.1 Å². The van der Waals surface area contributed by atoms with Crippen LogP contribution in [0.3, 0.4) is 0 Å². The molecule has 5 rings (SSSR count). The number of rotatable bonds is 7. The molecule has 1 aliphatic rings. The van der Waals surface area contributed by atoms with Crippen molar-refractivity contribution < 1.29 is 4.79 Å². The monoisotopic (exact) mass is 475 g/mol. The number of amides is 1. The van der Waals surface area contributed by atoms with E-state index in [4.69, 9.17) is 17.3 Å². The van der Waals surface area contributed by atoms with Crippen LogP contribution in [0.25, 0.3) is 11.2 Å². The SMILES string of the molecule is CC1(C)CC1c1ccn2cc(CN=C/C(=C\N)C(=O)NCc3ncn4ccc(Cl)cc34)nc2c1. The Bertz CT molecular complexity index is 1450. The zero-order chi connectivity index (χ0) is 23.9. The zero-order valence-corrected chi connectivity index (χ0v) is 19.8. The Morgan fingerprint density at radius 3 is 2.88 bits per heavy atom. The number of nitrogens with two attached hydrogens (primary N) is 1. The molecule has 34 heavy (non-hydrogen) atoms. The molecule has 1 saturated carbocycles. The molecule has 174 valence electrons. The molecule has 4 aromatic rings. The summed E-state index contributed by atoms with van der Waals surface area (Å²) in [5.41, 5.74) is 10.9. The van der Waals surface area contributed by atoms with Gasteiger partial charge in [-0.3, -0.25) is 9.79 Å². The Morgan fingerprint density at radius 1 is 1.32 bits per heavy atom. The third-order valence-electron chi connectivity index (χ3n) is 6.37. The van der Waals surface area contributed by atoms with Crippen molar-refractivity contribution in [1.82, 2.24) is 24.1 Å². The van der Waals surface area contributed by atoms with E-state index in [1.54, 1.807) is 18.5 Å². The van der Waals surface area contributed by atoms with Gasteiger partial charge in [-0.1, -0.05) is 25.4 Å². The number of carbonyl (C=O) groups is 1. The third kappa shape index (κ3) is 4.41. The molecule has 1 unspecified atom stereocenters. The fourth-order valence-corrected chi connectivity index (χ4v) is 4.37. The maximum atomic E-state index is 12.6. The average molecular weight is 476 g/mol. The van der Waals surface area contributed by atoms with Crippen molar-refractivity contribution in [3.8, 4) is 0 Å². The van der Waals surface area contributed by atoms with Crippen molar-refractivity contribution in [3.63, 3.8) is 0 Å². The van der Waals surface area contributed by atoms with E-state index in [2.05, 4.69) is 46.3 Å². The lowest BCUT2D eigenvalue weighted by Gasteiger charge is -2.04. The molecule has 3 N–H and O–H groups in total. The predicted molar refractivity (Wildman–Crippen MR) is 133 cm³/mol. The molecule has 1 amide bonds. The van der Waals surface area contributed by atoms with Crippen molar-refractivity contribution in [1.29, 1.82) is 0 Å². The molecule has 0 bridgehead atoms. The van der Waals surface area contributed by atoms with Crippen LogP contribution >= 0.6 is 11.6 Å². The summed E-state index contributed by atoms with van der Waals surface area (Å²) < 4.78 is 3.84. The molecular weight excluding hydrogens is 450 g/mol. The molecular formula is C25H26ClN7O. The second-order valence-electron chi connectivity index (χ2n) is 9.31. The summed E-state index contributed by atoms with van der Waals surface area (Å²) in [5.74, 6) is 0.268. The van der Waals surface area contributed by atoms with Gasteiger partial charge >= 0.3 is 0 Å². The van der Waals surface area contributed by atoms with Gasteiger partial charge in [0.25, 0.3) is 5.91 Å². The van der Waals surface area contributed by atoms with Crippen molar-refractivity contribution in [2.45, 2.75) is 39.3 Å². The molecule has 0 spiro atoms. The van der Waals surface area contributed by atoms with Gasteiger partial charge in [-0.25, -0.2) is 9.97 Å². The van der Waals surface area contributed by atoms with Crippen molar-refractivity contribution in [2.24, 2.45) is 16.1 Å². The minimum atomic E-state index is -0.332. The minimum Gasteiger partial charge on any atom is -0.404 e. The lowest BCUT2D eigenvalue weighted by atomic mass is 10.0. The number of aliphatic imine (C=N–C) groups is 1. The van der Waals surface area contributed by atoms with E-state index < -0.39 is 0 Å². The first-order valence-corrected chi connectivity index (χ1v) is 11.5. The number of imidazole rings is 2. The summed E-state index contributed by atoms with van der Waals surface area (Å²) in [5, 5.41) is 3.44. The summed E-state index contributed by atoms with van der Waals surface area (Å²) in [7, 11) is 0. The summed E-state index contributed by atoms with van der Waals surface area (Å²) in [6.07, 6.45) is 11.4. The normalized spacial score (nSPS) is 17.6. The molecule has 0 aromatic carbocycles. The maximum Gasteiger partial charge on any atom is 0.254 e. The van der Waals surface area contributed by atoms with Gasteiger partial charge in [0.1, 0.15) is 5.65 Å². The van der Waals surface area contributed by atoms with Crippen molar-refractivity contribution >= 4 is 34.9 Å². The highest BCUT2D eigenvalue weighted by molar-refractivity contribution is 6.30. The third-order valence-corrected chi connectivity index (χ3v) is 6.61. The van der Waals surface area contributed by atoms with Gasteiger partial charge in [0.05, 0.1) is 41.9 Å². The molecule has 4 aromatic heterocycles. The molecule has 0 aliphatic heterocycles. The number of nitrogens with one attached hydrogen (secondary N) is 1. The van der Waals surface area contributed by atoms with Gasteiger partial charge in [0.2, 0.25) is 0 Å². The number of hydrogen-bond donors (Lipinski definition) is 2. The predicted octanol–water partition coefficient (Wildman–Crippen LogP) is 3.88. The molecule has 1 atom stereocenters. The quantitative estimate of drug-likeness (QED) is 0.313. The van der Waals surface area contributed by atoms with Gasteiger partial charge in [-0.15, -0.1) is 0 Å². The van der Waals surface area contributed by atoms with Crippen LogP contribution in [0.5, 0.6) is 0 Å². The number of pyridine rings is 2. The number of nitrogens with zero attached hydrogens (tertiary/aromatic N) is 5. The number of carbonyl (C=O) groups excluding carboxylic acids is 1. The van der Waals surface area contributed by atoms with E-state index in [1.165, 1.54) is 24.4 Å². The van der Waals surface area contributed by atoms with Gasteiger partial charge in [0, 0.05) is 36.0 Å². The van der Waals surface area contributed by atoms with Crippen molar-refractivity contribution in [3.05, 3.63) is 82.9 Å². The highest BCUT2D eigenvalue weighted by Gasteiger charge is 2.46. The van der Waals surface area contributed by atoms with E-state index in [0.717, 1.165) is 16.9 Å². The zero-order valence-electron chi connectivity index (χ0n) is 19.1. The maximum absolute atomic E-state index is 12.6. The lowest BCUT2D eigenvalue weighted by molar-refractivity contribution is -0.117. The van der Waals surface area contributed by atoms with E-state index in [-0.39, 0.29) is 18.0 Å². The summed E-state index contributed by atoms with van der Waals surface area (Å²) >= 11 is 6.07. The smallest absolute Gasteiger partial charge is 0.254 e. The Kier molecular flexibility index (Phi) is 5.61. The Labute approximate surface area is 202 Å². The summed E-state index contributed by atoms with van der Waals surface area (Å²) in [4.78, 5) is 26.0. The van der Waals surface area contributed by atoms with Gasteiger partial charge < -0.3 is 19.9 Å². The Morgan fingerprint density at radius 2 is 2.12 bits per heavy atom. The average Bonchev–Trinajstić information content (AvgIpc) is 3.13. The summed E-state index contributed by atoms with van der Waals surface area (Å²) in [6.45, 7) is 5.17. The van der Waals surface area contributed by atoms with Crippen LogP contribution in [-0.4, -0.2) is 30.9 Å². The molecule has 1 aliphatic carbocycles. The molecule has 9 heteroatoms. The van der Waals surface area contributed by atoms with Crippen LogP contribution in [0, 0.1) is 5.41 Å². The van der Waals surface area contributed by atoms with E-state index in [0.29, 0.717) is 28.6 Å². The summed E-state index contributed by atoms with van der Waals surface area (Å²) in [6, 6.07) is 7.90. The largest absolute Gasteiger partial charge is 0.404 e. The van der Waals surface area contributed by atoms with Gasteiger partial charge in [-0.2, -0.15) is 0 Å². The van der Waals surface area contributed by atoms with Crippen LogP contribution in [0.15, 0.2) is 65.9 Å². The fraction of sp³-hybridized carbons (Fsp3) is 0.280. The molecule has 1 fully saturated rings. The second kappa shape index (κ2) is 8.61. The number of aromatic nitrogens is 4. The molecule has 4 heterocycles. The van der Waals surface area contributed by atoms with Crippen molar-refractivity contribution in [2.75, 3.05) is 0 Å². The van der Waals surface area contributed by atoms with Crippen LogP contribution in [0.2, 0.25) is 5.02 Å². The number of hydrogen-bond acceptors (Lipinski definition) is 5. The number of halogens is 1. The molecule has 0 radical (unpaired) electrons. The first-order chi connectivity index (χ1) is 16.3. The standard InChI is InChI=1S/C25H26ClN7O/c1-25(2)9-20(25)16-3-5-32-14-19(31-23(32)7-16)12-28-11-17(10-27)24(34)29-13-21-22-8-18(26)4-6-33(22)15-30-21/h3-8,10-11,14-15,20H,9,12-13,27H2,1-2H3,(H,29,34)/b17-10+,28-11?. The van der Waals surface area contributed by atoms with Crippen LogP contribution < -0.4 is 11.1 Å². The molecule has 0 saturated heterocycles. The highest BCUT2D eigenvalue weighted by atomic mass is 35.5. The topological polar surface area (TPSA) is 102 Å². The van der Waals surface area contributed by atoms with Gasteiger partial charge in [0.15, 0.2) is 0 Å². The van der Waals surface area contributed by atoms with E-state index in [9.17, 15) is 4.79 Å². The Hall–Kier alpha value is -3.65. The molecule has 8 nitrogen and oxygen atoms in total. The minimum absolute atomic E-state index is 0.243. The fourth-order valence-electron chi connectivity index (χ4n) is 4.21. The van der Waals surface area contributed by atoms with E-state index >= 15 is 0 Å². The van der Waals surface area contributed by atoms with Gasteiger partial charge in [-0.05, 0) is 47.6 Å². The first kappa shape index (κ1) is 22.2. The Balaban J connectivity index is 1.21. The lowest BCUT2D eigenvalue weighted by Crippen LogP contribution is -2.26. The highest BCUT2D eigenvalue weighted by Crippen LogP contribution is 2.58. The second-order valence-corrected chi connectivity index (χ2v) is 9.74. The first-order valence-electron chi connectivity index (χ1n) is 11.1.